The molecular formula is C25H31N3O5. The van der Waals surface area contributed by atoms with Crippen LogP contribution in [0.3, 0.4) is 0 Å². The maximum Gasteiger partial charge on any atom is 0.414 e. The number of amides is 1. The predicted octanol–water partition coefficient (Wildman–Crippen LogP) is 3.30. The second-order valence-electron chi connectivity index (χ2n) is 9.11. The van der Waals surface area contributed by atoms with Crippen LogP contribution >= 0.6 is 0 Å². The molecule has 1 unspecified atom stereocenters. The summed E-state index contributed by atoms with van der Waals surface area (Å²) in [7, 11) is 5.92. The molecule has 3 heterocycles. The molecule has 2 saturated heterocycles. The lowest BCUT2D eigenvalue weighted by Crippen LogP contribution is -2.51. The summed E-state index contributed by atoms with van der Waals surface area (Å²) in [6.07, 6.45) is 1.55. The summed E-state index contributed by atoms with van der Waals surface area (Å²) in [6.45, 7) is 3.45. The minimum atomic E-state index is -0.287. The van der Waals surface area contributed by atoms with E-state index in [0.29, 0.717) is 6.54 Å². The van der Waals surface area contributed by atoms with E-state index in [9.17, 15) is 4.79 Å². The fraction of sp³-hybridized carbons (Fsp3) is 0.480. The van der Waals surface area contributed by atoms with Crippen molar-refractivity contribution >= 4 is 11.8 Å². The molecule has 0 spiro atoms. The van der Waals surface area contributed by atoms with Crippen LogP contribution in [0.1, 0.15) is 18.4 Å². The number of fused-ring (bicyclic) bond motifs is 1. The average molecular weight is 454 g/mol. The number of likely N-dealkylation sites (tertiary alicyclic amines) is 1. The summed E-state index contributed by atoms with van der Waals surface area (Å²) in [6, 6.07) is 13.8. The van der Waals surface area contributed by atoms with E-state index in [4.69, 9.17) is 18.9 Å². The Kier molecular flexibility index (Phi) is 5.80. The van der Waals surface area contributed by atoms with Crippen LogP contribution in [0.2, 0.25) is 0 Å². The van der Waals surface area contributed by atoms with Gasteiger partial charge in [-0.15, -0.1) is 0 Å². The maximum atomic E-state index is 12.5. The number of ether oxygens (including phenoxy) is 4. The zero-order valence-electron chi connectivity index (χ0n) is 19.5. The molecular weight excluding hydrogens is 422 g/mol. The minimum absolute atomic E-state index is 0.0566. The zero-order chi connectivity index (χ0) is 23.0. The van der Waals surface area contributed by atoms with Crippen LogP contribution in [0.4, 0.5) is 10.5 Å². The molecule has 0 bridgehead atoms. The van der Waals surface area contributed by atoms with Gasteiger partial charge in [0.2, 0.25) is 6.79 Å². The predicted molar refractivity (Wildman–Crippen MR) is 124 cm³/mol. The van der Waals surface area contributed by atoms with Crippen LogP contribution in [0, 0.1) is 0 Å². The molecule has 3 aliphatic rings. The summed E-state index contributed by atoms with van der Waals surface area (Å²) in [5.74, 6) is 2.41. The summed E-state index contributed by atoms with van der Waals surface area (Å²) >= 11 is 0. The van der Waals surface area contributed by atoms with Gasteiger partial charge in [0.15, 0.2) is 11.5 Å². The molecule has 1 atom stereocenters. The third-order valence-electron chi connectivity index (χ3n) is 7.17. The zero-order valence-corrected chi connectivity index (χ0v) is 19.5. The molecule has 33 heavy (non-hydrogen) atoms. The average Bonchev–Trinajstić information content (AvgIpc) is 3.45. The van der Waals surface area contributed by atoms with E-state index < -0.39 is 0 Å². The monoisotopic (exact) mass is 453 g/mol. The molecule has 0 saturated carbocycles. The third kappa shape index (κ3) is 4.09. The summed E-state index contributed by atoms with van der Waals surface area (Å²) in [4.78, 5) is 18.9. The van der Waals surface area contributed by atoms with Gasteiger partial charge in [0.25, 0.3) is 0 Å². The van der Waals surface area contributed by atoms with Gasteiger partial charge in [0.1, 0.15) is 11.9 Å². The first-order valence-corrected chi connectivity index (χ1v) is 11.4. The smallest absolute Gasteiger partial charge is 0.414 e. The number of carbonyl (C=O) groups is 1. The standard InChI is InChI=1S/C25H31N3O5/c1-26(2)25(18-4-9-22-23(14-18)32-17-31-22)10-12-27(13-11-25)15-21-16-28(24(29)33-21)19-5-7-20(30-3)8-6-19/h4-9,14,21H,10-13,15-17H2,1-3H3. The highest BCUT2D eigenvalue weighted by Crippen LogP contribution is 2.42. The minimum Gasteiger partial charge on any atom is -0.497 e. The van der Waals surface area contributed by atoms with E-state index >= 15 is 0 Å². The molecule has 1 amide bonds. The van der Waals surface area contributed by atoms with E-state index in [1.165, 1.54) is 5.56 Å². The second kappa shape index (κ2) is 8.76. The number of cyclic esters (lactones) is 1. The van der Waals surface area contributed by atoms with Crippen molar-refractivity contribution in [3.8, 4) is 17.2 Å². The van der Waals surface area contributed by atoms with Gasteiger partial charge in [-0.25, -0.2) is 4.79 Å². The molecule has 0 aromatic heterocycles. The van der Waals surface area contributed by atoms with Crippen LogP contribution in [-0.4, -0.2) is 76.2 Å². The lowest BCUT2D eigenvalue weighted by atomic mass is 9.79. The number of methoxy groups -OCH3 is 1. The Bertz CT molecular complexity index is 1000. The van der Waals surface area contributed by atoms with Crippen LogP contribution in [-0.2, 0) is 10.3 Å². The highest BCUT2D eigenvalue weighted by atomic mass is 16.7. The number of rotatable bonds is 6. The molecule has 3 aliphatic heterocycles. The Morgan fingerprint density at radius 1 is 1.06 bits per heavy atom. The highest BCUT2D eigenvalue weighted by Gasteiger charge is 2.41. The van der Waals surface area contributed by atoms with Crippen LogP contribution in [0.15, 0.2) is 42.5 Å². The number of benzene rings is 2. The first-order chi connectivity index (χ1) is 16.0. The molecule has 8 nitrogen and oxygen atoms in total. The Morgan fingerprint density at radius 2 is 1.79 bits per heavy atom. The molecule has 5 rings (SSSR count). The highest BCUT2D eigenvalue weighted by molar-refractivity contribution is 5.89. The van der Waals surface area contributed by atoms with Gasteiger partial charge in [-0.2, -0.15) is 0 Å². The van der Waals surface area contributed by atoms with Gasteiger partial charge in [-0.3, -0.25) is 14.7 Å². The summed E-state index contributed by atoms with van der Waals surface area (Å²) < 4.78 is 22.0. The van der Waals surface area contributed by atoms with Gasteiger partial charge in [0, 0.05) is 30.9 Å². The Hall–Kier alpha value is -2.97. The maximum absolute atomic E-state index is 12.5. The van der Waals surface area contributed by atoms with Crippen molar-refractivity contribution in [2.45, 2.75) is 24.5 Å². The molecule has 0 aliphatic carbocycles. The number of carbonyl (C=O) groups excluding carboxylic acids is 1. The number of nitrogens with zero attached hydrogens (tertiary/aromatic N) is 3. The molecule has 0 N–H and O–H groups in total. The largest absolute Gasteiger partial charge is 0.497 e. The van der Waals surface area contributed by atoms with Gasteiger partial charge in [0.05, 0.1) is 13.7 Å². The van der Waals surface area contributed by atoms with E-state index in [0.717, 1.165) is 55.4 Å². The van der Waals surface area contributed by atoms with Crippen LogP contribution in [0.5, 0.6) is 17.2 Å². The molecule has 2 aromatic carbocycles. The van der Waals surface area contributed by atoms with E-state index in [1.807, 2.05) is 30.3 Å². The summed E-state index contributed by atoms with van der Waals surface area (Å²) in [5, 5.41) is 0. The van der Waals surface area contributed by atoms with Crippen molar-refractivity contribution in [1.29, 1.82) is 0 Å². The first kappa shape index (κ1) is 21.9. The fourth-order valence-corrected chi connectivity index (χ4v) is 5.16. The first-order valence-electron chi connectivity index (χ1n) is 11.4. The van der Waals surface area contributed by atoms with Gasteiger partial charge >= 0.3 is 6.09 Å². The SMILES string of the molecule is COc1ccc(N2CC(CN3CCC(c4ccc5c(c4)OCO5)(N(C)C)CC3)OC2=O)cc1. The van der Waals surface area contributed by atoms with Crippen molar-refractivity contribution in [2.75, 3.05) is 59.1 Å². The molecule has 2 fully saturated rings. The quantitative estimate of drug-likeness (QED) is 0.665. The molecule has 8 heteroatoms. The van der Waals surface area contributed by atoms with Gasteiger partial charge < -0.3 is 18.9 Å². The van der Waals surface area contributed by atoms with E-state index in [-0.39, 0.29) is 24.5 Å². The molecule has 176 valence electrons. The lowest BCUT2D eigenvalue weighted by molar-refractivity contribution is 0.0342. The van der Waals surface area contributed by atoms with E-state index in [1.54, 1.807) is 12.0 Å². The number of hydrogen-bond acceptors (Lipinski definition) is 7. The third-order valence-corrected chi connectivity index (χ3v) is 7.17. The van der Waals surface area contributed by atoms with Crippen molar-refractivity contribution in [1.82, 2.24) is 9.80 Å². The van der Waals surface area contributed by atoms with Crippen LogP contribution < -0.4 is 19.1 Å². The Labute approximate surface area is 194 Å². The molecule has 0 radical (unpaired) electrons. The summed E-state index contributed by atoms with van der Waals surface area (Å²) in [5.41, 5.74) is 2.03. The fourth-order valence-electron chi connectivity index (χ4n) is 5.16. The Morgan fingerprint density at radius 3 is 2.48 bits per heavy atom. The van der Waals surface area contributed by atoms with Crippen molar-refractivity contribution in [2.24, 2.45) is 0 Å². The number of anilines is 1. The number of hydrogen-bond donors (Lipinski definition) is 0. The van der Waals surface area contributed by atoms with Crippen LogP contribution in [0.25, 0.3) is 0 Å². The van der Waals surface area contributed by atoms with E-state index in [2.05, 4.69) is 36.0 Å². The normalized spacial score (nSPS) is 22.0. The topological polar surface area (TPSA) is 63.7 Å². The van der Waals surface area contributed by atoms with Crippen molar-refractivity contribution < 1.29 is 23.7 Å². The van der Waals surface area contributed by atoms with Gasteiger partial charge in [-0.1, -0.05) is 6.07 Å². The Balaban J connectivity index is 1.22. The lowest BCUT2D eigenvalue weighted by Gasteiger charge is -2.47. The van der Waals surface area contributed by atoms with Crippen molar-refractivity contribution in [3.63, 3.8) is 0 Å². The number of piperidine rings is 1. The molecule has 2 aromatic rings. The van der Waals surface area contributed by atoms with Gasteiger partial charge in [-0.05, 0) is 68.9 Å². The second-order valence-corrected chi connectivity index (χ2v) is 9.11. The van der Waals surface area contributed by atoms with Crippen molar-refractivity contribution in [3.05, 3.63) is 48.0 Å².